The summed E-state index contributed by atoms with van der Waals surface area (Å²) >= 11 is 1.45. The summed E-state index contributed by atoms with van der Waals surface area (Å²) in [5.41, 5.74) is -1.67. The highest BCUT2D eigenvalue weighted by atomic mass is 32.1. The maximum absolute atomic E-state index is 12.8. The van der Waals surface area contributed by atoms with Crippen molar-refractivity contribution >= 4 is 34.9 Å². The predicted molar refractivity (Wildman–Crippen MR) is 99.6 cm³/mol. The molecule has 0 spiro atoms. The van der Waals surface area contributed by atoms with Gasteiger partial charge in [-0.05, 0) is 30.5 Å². The molecule has 0 radical (unpaired) electrons. The fraction of sp³-hybridized carbons (Fsp3) is 0.316. The average molecular weight is 405 g/mol. The van der Waals surface area contributed by atoms with Crippen LogP contribution < -0.4 is 0 Å². The van der Waals surface area contributed by atoms with Gasteiger partial charge in [0.05, 0.1) is 31.9 Å². The summed E-state index contributed by atoms with van der Waals surface area (Å²) < 4.78 is 20.6. The third kappa shape index (κ3) is 3.02. The van der Waals surface area contributed by atoms with Crippen LogP contribution in [-0.4, -0.2) is 56.0 Å². The molecule has 2 aliphatic rings. The first-order valence-electron chi connectivity index (χ1n) is 8.28. The Balaban J connectivity index is 2.31. The highest BCUT2D eigenvalue weighted by Crippen LogP contribution is 2.43. The van der Waals surface area contributed by atoms with E-state index in [1.807, 2.05) is 17.5 Å². The second kappa shape index (κ2) is 7.61. The van der Waals surface area contributed by atoms with Gasteiger partial charge in [-0.15, -0.1) is 11.3 Å². The van der Waals surface area contributed by atoms with Crippen LogP contribution in [0.1, 0.15) is 11.8 Å². The number of carbonyl (C=O) groups excluding carboxylic acids is 3. The monoisotopic (exact) mass is 405 g/mol. The van der Waals surface area contributed by atoms with E-state index < -0.39 is 29.7 Å². The van der Waals surface area contributed by atoms with Crippen LogP contribution in [-0.2, 0) is 33.3 Å². The molecule has 3 heterocycles. The molecule has 0 amide bonds. The number of ether oxygens (including phenoxy) is 4. The van der Waals surface area contributed by atoms with Gasteiger partial charge in [0.1, 0.15) is 11.3 Å². The standard InChI is InChI=1S/C19H19NO7S/c1-19(18(23)26-4)14(16(21)24-2)15(17(22)25-3)20-11(12-8-6-10-28-12)7-5-9-13(20)27-19/h5-10,13H,1-4H3. The van der Waals surface area contributed by atoms with Gasteiger partial charge >= 0.3 is 17.9 Å². The van der Waals surface area contributed by atoms with Crippen molar-refractivity contribution < 1.29 is 33.3 Å². The molecule has 0 bridgehead atoms. The van der Waals surface area contributed by atoms with Crippen LogP contribution in [0.25, 0.3) is 5.70 Å². The van der Waals surface area contributed by atoms with E-state index in [9.17, 15) is 14.4 Å². The van der Waals surface area contributed by atoms with E-state index in [-0.39, 0.29) is 11.3 Å². The summed E-state index contributed by atoms with van der Waals surface area (Å²) in [6, 6.07) is 3.73. The number of hydrogen-bond acceptors (Lipinski definition) is 9. The molecule has 2 unspecified atom stereocenters. The number of methoxy groups -OCH3 is 3. The minimum atomic E-state index is -1.87. The highest BCUT2D eigenvalue weighted by molar-refractivity contribution is 7.11. The van der Waals surface area contributed by atoms with Gasteiger partial charge in [-0.1, -0.05) is 12.1 Å². The molecule has 0 aromatic carbocycles. The lowest BCUT2D eigenvalue weighted by Crippen LogP contribution is -2.57. The molecule has 0 N–H and O–H groups in total. The summed E-state index contributed by atoms with van der Waals surface area (Å²) in [6.07, 6.45) is 4.36. The number of esters is 3. The van der Waals surface area contributed by atoms with Crippen molar-refractivity contribution in [2.45, 2.75) is 18.8 Å². The second-order valence-corrected chi connectivity index (χ2v) is 6.97. The summed E-state index contributed by atoms with van der Waals surface area (Å²) in [5.74, 6) is -2.54. The van der Waals surface area contributed by atoms with E-state index in [0.29, 0.717) is 5.70 Å². The molecule has 9 heteroatoms. The fourth-order valence-electron chi connectivity index (χ4n) is 3.19. The van der Waals surface area contributed by atoms with Gasteiger partial charge in [0.15, 0.2) is 11.8 Å². The van der Waals surface area contributed by atoms with Crippen molar-refractivity contribution in [3.63, 3.8) is 0 Å². The Hall–Kier alpha value is -2.91. The van der Waals surface area contributed by atoms with Crippen LogP contribution in [0.4, 0.5) is 0 Å². The number of fused-ring (bicyclic) bond motifs is 1. The third-order valence-electron chi connectivity index (χ3n) is 4.47. The van der Waals surface area contributed by atoms with E-state index in [2.05, 4.69) is 0 Å². The first-order chi connectivity index (χ1) is 13.4. The molecule has 0 saturated heterocycles. The number of carbonyl (C=O) groups is 3. The Morgan fingerprint density at radius 2 is 1.86 bits per heavy atom. The molecule has 0 aliphatic carbocycles. The molecular formula is C19H19NO7S. The molecule has 28 heavy (non-hydrogen) atoms. The van der Waals surface area contributed by atoms with E-state index >= 15 is 0 Å². The van der Waals surface area contributed by atoms with Crippen LogP contribution in [0.15, 0.2) is 47.0 Å². The third-order valence-corrected chi connectivity index (χ3v) is 5.36. The number of thiophene rings is 1. The lowest BCUT2D eigenvalue weighted by Gasteiger charge is -2.45. The lowest BCUT2D eigenvalue weighted by atomic mass is 9.89. The minimum absolute atomic E-state index is 0.137. The normalized spacial score (nSPS) is 23.6. The fourth-order valence-corrected chi connectivity index (χ4v) is 3.94. The van der Waals surface area contributed by atoms with Crippen LogP contribution in [0, 0.1) is 0 Å². The molecule has 8 nitrogen and oxygen atoms in total. The van der Waals surface area contributed by atoms with E-state index in [1.165, 1.54) is 37.4 Å². The quantitative estimate of drug-likeness (QED) is 0.554. The Kier molecular flexibility index (Phi) is 5.39. The Morgan fingerprint density at radius 3 is 2.43 bits per heavy atom. The average Bonchev–Trinajstić information content (AvgIpc) is 3.25. The first-order valence-corrected chi connectivity index (χ1v) is 9.16. The van der Waals surface area contributed by atoms with Gasteiger partial charge in [0.25, 0.3) is 0 Å². The number of hydrogen-bond donors (Lipinski definition) is 0. The maximum atomic E-state index is 12.8. The van der Waals surface area contributed by atoms with Crippen molar-refractivity contribution in [3.05, 3.63) is 51.9 Å². The minimum Gasteiger partial charge on any atom is -0.467 e. The number of rotatable bonds is 4. The van der Waals surface area contributed by atoms with E-state index in [0.717, 1.165) is 12.0 Å². The zero-order valence-electron chi connectivity index (χ0n) is 15.8. The smallest absolute Gasteiger partial charge is 0.355 e. The second-order valence-electron chi connectivity index (χ2n) is 6.02. The predicted octanol–water partition coefficient (Wildman–Crippen LogP) is 1.85. The Bertz CT molecular complexity index is 899. The van der Waals surface area contributed by atoms with E-state index in [4.69, 9.17) is 18.9 Å². The summed E-state index contributed by atoms with van der Waals surface area (Å²) in [4.78, 5) is 40.4. The molecule has 2 atom stereocenters. The van der Waals surface area contributed by atoms with E-state index in [1.54, 1.807) is 18.2 Å². The van der Waals surface area contributed by atoms with Gasteiger partial charge in [-0.3, -0.25) is 0 Å². The molecule has 2 aliphatic heterocycles. The summed E-state index contributed by atoms with van der Waals surface area (Å²) in [6.45, 7) is 1.36. The summed E-state index contributed by atoms with van der Waals surface area (Å²) in [5, 5.41) is 1.88. The van der Waals surface area contributed by atoms with Crippen molar-refractivity contribution in [2.24, 2.45) is 0 Å². The molecule has 148 valence electrons. The molecule has 1 aromatic heterocycles. The van der Waals surface area contributed by atoms with Gasteiger partial charge in [-0.2, -0.15) is 0 Å². The van der Waals surface area contributed by atoms with Crippen LogP contribution in [0.2, 0.25) is 0 Å². The lowest BCUT2D eigenvalue weighted by molar-refractivity contribution is -0.181. The zero-order chi connectivity index (χ0) is 20.5. The van der Waals surface area contributed by atoms with Crippen LogP contribution in [0.3, 0.4) is 0 Å². The van der Waals surface area contributed by atoms with Gasteiger partial charge in [-0.25, -0.2) is 14.4 Å². The van der Waals surface area contributed by atoms with Gasteiger partial charge in [0.2, 0.25) is 0 Å². The van der Waals surface area contributed by atoms with Crippen molar-refractivity contribution in [1.82, 2.24) is 4.90 Å². The molecule has 1 aromatic rings. The van der Waals surface area contributed by atoms with Crippen LogP contribution in [0.5, 0.6) is 0 Å². The molecule has 0 fully saturated rings. The van der Waals surface area contributed by atoms with Gasteiger partial charge in [0, 0.05) is 0 Å². The number of allylic oxidation sites excluding steroid dienone is 2. The Morgan fingerprint density at radius 1 is 1.14 bits per heavy atom. The first kappa shape index (κ1) is 19.8. The number of nitrogens with zero attached hydrogens (tertiary/aromatic N) is 1. The maximum Gasteiger partial charge on any atom is 0.355 e. The SMILES string of the molecule is COC(=O)C1=C(C(=O)OC)C(C)(C(=O)OC)OC2C=CC=C(c3cccs3)N12. The molecular weight excluding hydrogens is 386 g/mol. The topological polar surface area (TPSA) is 91.4 Å². The summed E-state index contributed by atoms with van der Waals surface area (Å²) in [7, 11) is 3.52. The van der Waals surface area contributed by atoms with Crippen molar-refractivity contribution in [2.75, 3.05) is 21.3 Å². The Labute approximate surface area is 165 Å². The van der Waals surface area contributed by atoms with Crippen molar-refractivity contribution in [1.29, 1.82) is 0 Å². The molecule has 0 saturated carbocycles. The highest BCUT2D eigenvalue weighted by Gasteiger charge is 2.55. The largest absolute Gasteiger partial charge is 0.467 e. The zero-order valence-corrected chi connectivity index (χ0v) is 16.6. The molecule has 3 rings (SSSR count). The van der Waals surface area contributed by atoms with Gasteiger partial charge < -0.3 is 23.8 Å². The van der Waals surface area contributed by atoms with Crippen molar-refractivity contribution in [3.8, 4) is 0 Å². The van der Waals surface area contributed by atoms with Crippen LogP contribution >= 0.6 is 11.3 Å².